The van der Waals surface area contributed by atoms with Gasteiger partial charge in [-0.25, -0.2) is 4.79 Å². The summed E-state index contributed by atoms with van der Waals surface area (Å²) in [4.78, 5) is 11.5. The van der Waals surface area contributed by atoms with Crippen LogP contribution in [-0.2, 0) is 9.53 Å². The fourth-order valence-corrected chi connectivity index (χ4v) is 1.91. The number of carbonyl (C=O) groups excluding carboxylic acids is 1. The van der Waals surface area contributed by atoms with E-state index in [2.05, 4.69) is 15.9 Å². The molecule has 0 aliphatic rings. The highest BCUT2D eigenvalue weighted by atomic mass is 79.9. The van der Waals surface area contributed by atoms with Gasteiger partial charge in [0.15, 0.2) is 6.10 Å². The summed E-state index contributed by atoms with van der Waals surface area (Å²) >= 11 is 9.12. The van der Waals surface area contributed by atoms with Crippen LogP contribution in [0.3, 0.4) is 0 Å². The van der Waals surface area contributed by atoms with Crippen molar-refractivity contribution in [3.8, 4) is 5.75 Å². The van der Waals surface area contributed by atoms with Gasteiger partial charge in [-0.05, 0) is 54.9 Å². The molecule has 1 aromatic carbocycles. The summed E-state index contributed by atoms with van der Waals surface area (Å²) < 4.78 is 11.2. The number of carbonyl (C=O) groups is 1. The second-order valence-electron chi connectivity index (χ2n) is 3.82. The van der Waals surface area contributed by atoms with Gasteiger partial charge in [-0.1, -0.05) is 11.6 Å². The highest BCUT2D eigenvalue weighted by Crippen LogP contribution is 2.28. The Balaban J connectivity index is 2.67. The van der Waals surface area contributed by atoms with Gasteiger partial charge in [-0.15, -0.1) is 0 Å². The van der Waals surface area contributed by atoms with Gasteiger partial charge in [0, 0.05) is 5.02 Å². The zero-order valence-electron chi connectivity index (χ0n) is 9.87. The van der Waals surface area contributed by atoms with Crippen LogP contribution < -0.4 is 4.74 Å². The van der Waals surface area contributed by atoms with Crippen molar-refractivity contribution in [1.82, 2.24) is 0 Å². The minimum atomic E-state index is -0.658. The third kappa shape index (κ3) is 4.56. The molecule has 0 N–H and O–H groups in total. The van der Waals surface area contributed by atoms with Crippen LogP contribution in [0.25, 0.3) is 0 Å². The zero-order chi connectivity index (χ0) is 13.0. The second kappa shape index (κ2) is 6.26. The Morgan fingerprint density at radius 3 is 2.53 bits per heavy atom. The van der Waals surface area contributed by atoms with E-state index in [1.54, 1.807) is 39.0 Å². The Bertz CT molecular complexity index is 407. The molecule has 5 heteroatoms. The fourth-order valence-electron chi connectivity index (χ4n) is 1.14. The molecule has 1 rings (SSSR count). The number of rotatable bonds is 4. The summed E-state index contributed by atoms with van der Waals surface area (Å²) in [5, 5.41) is 0.599. The van der Waals surface area contributed by atoms with E-state index >= 15 is 0 Å². The molecule has 1 unspecified atom stereocenters. The minimum absolute atomic E-state index is 0.151. The molecule has 0 saturated heterocycles. The van der Waals surface area contributed by atoms with Crippen molar-refractivity contribution < 1.29 is 14.3 Å². The lowest BCUT2D eigenvalue weighted by Gasteiger charge is -2.16. The van der Waals surface area contributed by atoms with Crippen LogP contribution in [0, 0.1) is 0 Å². The Kier molecular flexibility index (Phi) is 5.28. The van der Waals surface area contributed by atoms with Gasteiger partial charge in [0.25, 0.3) is 0 Å². The van der Waals surface area contributed by atoms with Crippen LogP contribution in [0.15, 0.2) is 22.7 Å². The van der Waals surface area contributed by atoms with E-state index in [1.165, 1.54) is 0 Å². The maximum atomic E-state index is 11.5. The third-order valence-corrected chi connectivity index (χ3v) is 2.74. The number of benzene rings is 1. The van der Waals surface area contributed by atoms with Gasteiger partial charge < -0.3 is 9.47 Å². The zero-order valence-corrected chi connectivity index (χ0v) is 12.2. The minimum Gasteiger partial charge on any atom is -0.478 e. The average Bonchev–Trinajstić information content (AvgIpc) is 2.21. The first kappa shape index (κ1) is 14.3. The molecule has 0 radical (unpaired) electrons. The number of halogens is 2. The van der Waals surface area contributed by atoms with Crippen molar-refractivity contribution >= 4 is 33.5 Å². The highest BCUT2D eigenvalue weighted by molar-refractivity contribution is 9.10. The summed E-state index contributed by atoms with van der Waals surface area (Å²) in [6, 6.07) is 5.10. The van der Waals surface area contributed by atoms with Crippen molar-refractivity contribution in [2.75, 3.05) is 0 Å². The third-order valence-electron chi connectivity index (χ3n) is 1.88. The van der Waals surface area contributed by atoms with E-state index in [4.69, 9.17) is 21.1 Å². The molecule has 1 aromatic rings. The van der Waals surface area contributed by atoms with Gasteiger partial charge in [-0.3, -0.25) is 0 Å². The first-order chi connectivity index (χ1) is 7.90. The second-order valence-corrected chi connectivity index (χ2v) is 5.11. The van der Waals surface area contributed by atoms with E-state index < -0.39 is 6.10 Å². The maximum Gasteiger partial charge on any atom is 0.347 e. The van der Waals surface area contributed by atoms with E-state index in [9.17, 15) is 4.79 Å². The van der Waals surface area contributed by atoms with Gasteiger partial charge >= 0.3 is 5.97 Å². The first-order valence-corrected chi connectivity index (χ1v) is 6.39. The van der Waals surface area contributed by atoms with E-state index in [1.807, 2.05) is 0 Å². The van der Waals surface area contributed by atoms with Crippen LogP contribution in [0.4, 0.5) is 0 Å². The molecule has 0 aromatic heterocycles. The van der Waals surface area contributed by atoms with Crippen LogP contribution in [0.1, 0.15) is 20.8 Å². The predicted octanol–water partition coefficient (Wildman–Crippen LogP) is 3.82. The van der Waals surface area contributed by atoms with Crippen molar-refractivity contribution in [2.45, 2.75) is 33.0 Å². The molecule has 94 valence electrons. The molecular weight excluding hydrogens is 307 g/mol. The maximum absolute atomic E-state index is 11.5. The van der Waals surface area contributed by atoms with Crippen LogP contribution in [0.2, 0.25) is 5.02 Å². The molecule has 3 nitrogen and oxygen atoms in total. The topological polar surface area (TPSA) is 35.5 Å². The Hall–Kier alpha value is -0.740. The molecule has 0 aliphatic carbocycles. The molecule has 0 aliphatic heterocycles. The van der Waals surface area contributed by atoms with Gasteiger partial charge in [0.1, 0.15) is 5.75 Å². The van der Waals surface area contributed by atoms with Gasteiger partial charge in [0.2, 0.25) is 0 Å². The summed E-state index contributed by atoms with van der Waals surface area (Å²) in [6.07, 6.45) is -0.808. The molecule has 0 fully saturated rings. The number of ether oxygens (including phenoxy) is 2. The lowest BCUT2D eigenvalue weighted by atomic mass is 10.3. The summed E-state index contributed by atoms with van der Waals surface area (Å²) in [7, 11) is 0. The Morgan fingerprint density at radius 2 is 2.00 bits per heavy atom. The van der Waals surface area contributed by atoms with Gasteiger partial charge in [-0.2, -0.15) is 0 Å². The summed E-state index contributed by atoms with van der Waals surface area (Å²) in [5.74, 6) is 0.171. The summed E-state index contributed by atoms with van der Waals surface area (Å²) in [5.41, 5.74) is 0. The Labute approximate surface area is 114 Å². The molecular formula is C12H14BrClO3. The number of hydrogen-bond donors (Lipinski definition) is 0. The summed E-state index contributed by atoms with van der Waals surface area (Å²) in [6.45, 7) is 5.23. The van der Waals surface area contributed by atoms with E-state index in [-0.39, 0.29) is 12.1 Å². The molecule has 0 bridgehead atoms. The van der Waals surface area contributed by atoms with Crippen molar-refractivity contribution in [1.29, 1.82) is 0 Å². The quantitative estimate of drug-likeness (QED) is 0.791. The number of hydrogen-bond acceptors (Lipinski definition) is 3. The fraction of sp³-hybridized carbons (Fsp3) is 0.417. The first-order valence-electron chi connectivity index (χ1n) is 5.22. The average molecular weight is 322 g/mol. The lowest BCUT2D eigenvalue weighted by molar-refractivity contribution is -0.154. The molecule has 0 spiro atoms. The monoisotopic (exact) mass is 320 g/mol. The van der Waals surface area contributed by atoms with Crippen molar-refractivity contribution in [3.05, 3.63) is 27.7 Å². The standard InChI is InChI=1S/C12H14BrClO3/c1-7(2)16-12(15)8(3)17-11-5-4-9(14)6-10(11)13/h4-8H,1-3H3. The smallest absolute Gasteiger partial charge is 0.347 e. The molecule has 17 heavy (non-hydrogen) atoms. The molecule has 1 atom stereocenters. The van der Waals surface area contributed by atoms with Crippen LogP contribution in [0.5, 0.6) is 5.75 Å². The van der Waals surface area contributed by atoms with E-state index in [0.717, 1.165) is 0 Å². The predicted molar refractivity (Wildman–Crippen MR) is 70.5 cm³/mol. The van der Waals surface area contributed by atoms with Crippen LogP contribution >= 0.6 is 27.5 Å². The Morgan fingerprint density at radius 1 is 1.35 bits per heavy atom. The largest absolute Gasteiger partial charge is 0.478 e. The number of esters is 1. The lowest BCUT2D eigenvalue weighted by Crippen LogP contribution is -2.28. The van der Waals surface area contributed by atoms with Crippen molar-refractivity contribution in [2.24, 2.45) is 0 Å². The normalized spacial score (nSPS) is 12.4. The van der Waals surface area contributed by atoms with Crippen LogP contribution in [-0.4, -0.2) is 18.2 Å². The highest BCUT2D eigenvalue weighted by Gasteiger charge is 2.18. The van der Waals surface area contributed by atoms with Gasteiger partial charge in [0.05, 0.1) is 10.6 Å². The SMILES string of the molecule is CC(C)OC(=O)C(C)Oc1ccc(Cl)cc1Br. The molecule has 0 saturated carbocycles. The molecule has 0 heterocycles. The molecule has 0 amide bonds. The van der Waals surface area contributed by atoms with E-state index in [0.29, 0.717) is 15.2 Å². The van der Waals surface area contributed by atoms with Crippen molar-refractivity contribution in [3.63, 3.8) is 0 Å².